The first-order chi connectivity index (χ1) is 11.6. The maximum Gasteiger partial charge on any atom is 0.347 e. The summed E-state index contributed by atoms with van der Waals surface area (Å²) in [6, 6.07) is 12.3. The molecule has 0 aliphatic carbocycles. The van der Waals surface area contributed by atoms with Gasteiger partial charge in [-0.3, -0.25) is 4.79 Å². The van der Waals surface area contributed by atoms with Gasteiger partial charge in [-0.1, -0.05) is 30.3 Å². The summed E-state index contributed by atoms with van der Waals surface area (Å²) in [5.74, 6) is -0.425. The van der Waals surface area contributed by atoms with Crippen molar-refractivity contribution < 1.29 is 18.3 Å². The van der Waals surface area contributed by atoms with Gasteiger partial charge in [0.05, 0.1) is 7.11 Å². The highest BCUT2D eigenvalue weighted by Crippen LogP contribution is 2.24. The molecular formula is C19H13FO4. The molecule has 0 N–H and O–H groups in total. The van der Waals surface area contributed by atoms with Crippen LogP contribution in [-0.2, 0) is 0 Å². The highest BCUT2D eigenvalue weighted by Gasteiger charge is 2.13. The monoisotopic (exact) mass is 324 g/mol. The third-order valence-electron chi connectivity index (χ3n) is 3.51. The van der Waals surface area contributed by atoms with E-state index < -0.39 is 11.4 Å². The number of ketones is 1. The predicted molar refractivity (Wildman–Crippen MR) is 88.8 cm³/mol. The summed E-state index contributed by atoms with van der Waals surface area (Å²) in [5, 5.41) is 0.590. The molecule has 0 radical (unpaired) electrons. The molecule has 120 valence electrons. The number of methoxy groups -OCH3 is 1. The highest BCUT2D eigenvalue weighted by atomic mass is 19.1. The van der Waals surface area contributed by atoms with E-state index >= 15 is 0 Å². The second-order valence-electron chi connectivity index (χ2n) is 5.08. The standard InChI is InChI=1S/C19H13FO4/c1-23-17-4-2-3-13-11-15(19(22)24-18(13)17)16(21)10-7-12-5-8-14(20)9-6-12/h2-11H,1H3/b10-7+. The summed E-state index contributed by atoms with van der Waals surface area (Å²) in [4.78, 5) is 24.3. The lowest BCUT2D eigenvalue weighted by Gasteiger charge is -2.04. The van der Waals surface area contributed by atoms with Crippen LogP contribution in [0.1, 0.15) is 15.9 Å². The van der Waals surface area contributed by atoms with Crippen molar-refractivity contribution in [2.45, 2.75) is 0 Å². The zero-order valence-corrected chi connectivity index (χ0v) is 12.8. The van der Waals surface area contributed by atoms with Crippen molar-refractivity contribution in [1.29, 1.82) is 0 Å². The SMILES string of the molecule is COc1cccc2cc(C(=O)/C=C/c3ccc(F)cc3)c(=O)oc12. The first kappa shape index (κ1) is 15.7. The van der Waals surface area contributed by atoms with Crippen LogP contribution < -0.4 is 10.4 Å². The molecule has 0 atom stereocenters. The fourth-order valence-electron chi connectivity index (χ4n) is 2.29. The van der Waals surface area contributed by atoms with E-state index in [-0.39, 0.29) is 11.4 Å². The number of hydrogen-bond donors (Lipinski definition) is 0. The van der Waals surface area contributed by atoms with Gasteiger partial charge in [0.15, 0.2) is 17.1 Å². The van der Waals surface area contributed by atoms with Crippen LogP contribution >= 0.6 is 0 Å². The molecule has 2 aromatic carbocycles. The smallest absolute Gasteiger partial charge is 0.347 e. The highest BCUT2D eigenvalue weighted by molar-refractivity contribution is 6.08. The van der Waals surface area contributed by atoms with Gasteiger partial charge in [-0.2, -0.15) is 0 Å². The minimum Gasteiger partial charge on any atom is -0.493 e. The molecule has 1 heterocycles. The zero-order chi connectivity index (χ0) is 17.1. The number of halogens is 1. The lowest BCUT2D eigenvalue weighted by Crippen LogP contribution is -2.12. The molecule has 24 heavy (non-hydrogen) atoms. The van der Waals surface area contributed by atoms with Gasteiger partial charge in [0.25, 0.3) is 0 Å². The maximum absolute atomic E-state index is 12.9. The Bertz CT molecular complexity index is 984. The van der Waals surface area contributed by atoms with Crippen molar-refractivity contribution >= 4 is 22.8 Å². The van der Waals surface area contributed by atoms with E-state index in [2.05, 4.69) is 0 Å². The third-order valence-corrected chi connectivity index (χ3v) is 3.51. The van der Waals surface area contributed by atoms with Gasteiger partial charge < -0.3 is 9.15 Å². The van der Waals surface area contributed by atoms with Crippen LogP contribution in [0.4, 0.5) is 4.39 Å². The number of hydrogen-bond acceptors (Lipinski definition) is 4. The summed E-state index contributed by atoms with van der Waals surface area (Å²) in [6.45, 7) is 0. The summed E-state index contributed by atoms with van der Waals surface area (Å²) >= 11 is 0. The van der Waals surface area contributed by atoms with Gasteiger partial charge >= 0.3 is 5.63 Å². The summed E-state index contributed by atoms with van der Waals surface area (Å²) in [6.07, 6.45) is 2.77. The Kier molecular flexibility index (Phi) is 4.24. The number of ether oxygens (including phenoxy) is 1. The molecule has 3 aromatic rings. The Balaban J connectivity index is 1.96. The van der Waals surface area contributed by atoms with Crippen LogP contribution in [0.3, 0.4) is 0 Å². The van der Waals surface area contributed by atoms with Crippen molar-refractivity contribution in [3.63, 3.8) is 0 Å². The maximum atomic E-state index is 12.9. The lowest BCUT2D eigenvalue weighted by molar-refractivity contribution is 0.104. The fourth-order valence-corrected chi connectivity index (χ4v) is 2.29. The van der Waals surface area contributed by atoms with E-state index in [9.17, 15) is 14.0 Å². The molecular weight excluding hydrogens is 311 g/mol. The van der Waals surface area contributed by atoms with Crippen molar-refractivity contribution in [2.75, 3.05) is 7.11 Å². The normalized spacial score (nSPS) is 11.1. The molecule has 0 amide bonds. The molecule has 0 spiro atoms. The molecule has 5 heteroatoms. The molecule has 1 aromatic heterocycles. The molecule has 0 fully saturated rings. The predicted octanol–water partition coefficient (Wildman–Crippen LogP) is 3.84. The van der Waals surface area contributed by atoms with Crippen molar-refractivity contribution in [2.24, 2.45) is 0 Å². The Labute approximate surface area is 136 Å². The van der Waals surface area contributed by atoms with Crippen LogP contribution in [0.25, 0.3) is 17.0 Å². The molecule has 0 saturated heterocycles. The second-order valence-corrected chi connectivity index (χ2v) is 5.08. The zero-order valence-electron chi connectivity index (χ0n) is 12.8. The van der Waals surface area contributed by atoms with Crippen LogP contribution in [0, 0.1) is 5.82 Å². The van der Waals surface area contributed by atoms with Gasteiger partial charge in [-0.15, -0.1) is 0 Å². The minimum atomic E-state index is -0.735. The van der Waals surface area contributed by atoms with Crippen LogP contribution in [-0.4, -0.2) is 12.9 Å². The number of fused-ring (bicyclic) bond motifs is 1. The van der Waals surface area contributed by atoms with E-state index in [4.69, 9.17) is 9.15 Å². The fraction of sp³-hybridized carbons (Fsp3) is 0.0526. The molecule has 0 bridgehead atoms. The molecule has 0 aliphatic rings. The average Bonchev–Trinajstić information content (AvgIpc) is 2.60. The Morgan fingerprint density at radius 3 is 2.62 bits per heavy atom. The second kappa shape index (κ2) is 6.50. The van der Waals surface area contributed by atoms with Crippen LogP contribution in [0.5, 0.6) is 5.75 Å². The van der Waals surface area contributed by atoms with E-state index in [1.54, 1.807) is 18.2 Å². The first-order valence-corrected chi connectivity index (χ1v) is 7.17. The van der Waals surface area contributed by atoms with Crippen molar-refractivity contribution in [3.05, 3.63) is 82.0 Å². The Morgan fingerprint density at radius 2 is 1.92 bits per heavy atom. The first-order valence-electron chi connectivity index (χ1n) is 7.17. The molecule has 0 saturated carbocycles. The number of para-hydroxylation sites is 1. The molecule has 0 aliphatic heterocycles. The largest absolute Gasteiger partial charge is 0.493 e. The van der Waals surface area contributed by atoms with E-state index in [1.807, 2.05) is 0 Å². The Hall–Kier alpha value is -3.21. The quantitative estimate of drug-likeness (QED) is 0.416. The minimum absolute atomic E-state index is 0.0749. The van der Waals surface area contributed by atoms with Gasteiger partial charge in [0.1, 0.15) is 11.4 Å². The Morgan fingerprint density at radius 1 is 1.17 bits per heavy atom. The van der Waals surface area contributed by atoms with Crippen molar-refractivity contribution in [3.8, 4) is 5.75 Å². The van der Waals surface area contributed by atoms with Gasteiger partial charge in [0.2, 0.25) is 0 Å². The number of allylic oxidation sites excluding steroid dienone is 1. The van der Waals surface area contributed by atoms with E-state index in [0.29, 0.717) is 22.3 Å². The lowest BCUT2D eigenvalue weighted by atomic mass is 10.1. The van der Waals surface area contributed by atoms with E-state index in [0.717, 1.165) is 0 Å². The average molecular weight is 324 g/mol. The number of benzene rings is 2. The van der Waals surface area contributed by atoms with Gasteiger partial charge in [-0.05, 0) is 35.9 Å². The topological polar surface area (TPSA) is 56.5 Å². The van der Waals surface area contributed by atoms with Crippen LogP contribution in [0.15, 0.2) is 63.8 Å². The molecule has 4 nitrogen and oxygen atoms in total. The summed E-state index contributed by atoms with van der Waals surface area (Å²) < 4.78 is 23.2. The number of carbonyl (C=O) groups is 1. The number of rotatable bonds is 4. The van der Waals surface area contributed by atoms with Gasteiger partial charge in [0, 0.05) is 5.39 Å². The van der Waals surface area contributed by atoms with E-state index in [1.165, 1.54) is 49.6 Å². The summed E-state index contributed by atoms with van der Waals surface area (Å²) in [7, 11) is 1.47. The molecule has 3 rings (SSSR count). The number of carbonyl (C=O) groups excluding carboxylic acids is 1. The van der Waals surface area contributed by atoms with Gasteiger partial charge in [-0.25, -0.2) is 9.18 Å². The van der Waals surface area contributed by atoms with Crippen LogP contribution in [0.2, 0.25) is 0 Å². The summed E-state index contributed by atoms with van der Waals surface area (Å²) in [5.41, 5.74) is 0.135. The van der Waals surface area contributed by atoms with Crippen molar-refractivity contribution in [1.82, 2.24) is 0 Å². The third kappa shape index (κ3) is 3.10. The molecule has 0 unspecified atom stereocenters.